The molecule has 1 aliphatic rings. The lowest BCUT2D eigenvalue weighted by molar-refractivity contribution is -0.129. The lowest BCUT2D eigenvalue weighted by atomic mass is 9.86. The van der Waals surface area contributed by atoms with E-state index in [1.54, 1.807) is 38.1 Å². The van der Waals surface area contributed by atoms with Crippen LogP contribution in [-0.4, -0.2) is 11.9 Å². The Bertz CT molecular complexity index is 1700. The molecule has 0 heterocycles. The molecule has 0 saturated carbocycles. The predicted molar refractivity (Wildman–Crippen MR) is 162 cm³/mol. The van der Waals surface area contributed by atoms with Crippen LogP contribution in [0.1, 0.15) is 36.1 Å². The fourth-order valence-corrected chi connectivity index (χ4v) is 5.34. The summed E-state index contributed by atoms with van der Waals surface area (Å²) in [5, 5.41) is 0. The smallest absolute Gasteiger partial charge is 0.335 e. The molecule has 1 aliphatic carbocycles. The van der Waals surface area contributed by atoms with Gasteiger partial charge >= 0.3 is 11.9 Å². The monoisotopic (exact) mass is 544 g/mol. The quantitative estimate of drug-likeness (QED) is 0.132. The molecule has 4 aromatic rings. The van der Waals surface area contributed by atoms with Gasteiger partial charge in [-0.25, -0.2) is 9.59 Å². The van der Waals surface area contributed by atoms with Crippen molar-refractivity contribution >= 4 is 11.9 Å². The first-order valence-corrected chi connectivity index (χ1v) is 13.6. The lowest BCUT2D eigenvalue weighted by Crippen LogP contribution is -2.08. The van der Waals surface area contributed by atoms with Crippen LogP contribution in [-0.2, 0) is 29.1 Å². The Hall–Kier alpha value is -4.78. The zero-order valence-electron chi connectivity index (χ0n) is 23.1. The second-order valence-corrected chi connectivity index (χ2v) is 9.74. The second kappa shape index (κ2) is 12.2. The lowest BCUT2D eigenvalue weighted by Gasteiger charge is -2.19. The number of esters is 2. The Morgan fingerprint density at radius 3 is 1.88 bits per heavy atom. The van der Waals surface area contributed by atoms with Gasteiger partial charge in [0.25, 0.3) is 0 Å². The number of allylic oxidation sites excluding steroid dienone is 2. The van der Waals surface area contributed by atoms with Crippen molar-refractivity contribution in [3.8, 4) is 44.9 Å². The third-order valence-electron chi connectivity index (χ3n) is 7.17. The summed E-state index contributed by atoms with van der Waals surface area (Å²) < 4.78 is 11.1. The Morgan fingerprint density at radius 2 is 1.27 bits per heavy atom. The summed E-state index contributed by atoms with van der Waals surface area (Å²) in [5.74, 6) is -0.0200. The maximum atomic E-state index is 12.1. The zero-order chi connectivity index (χ0) is 28.9. The van der Waals surface area contributed by atoms with Crippen LogP contribution >= 0.6 is 0 Å². The van der Waals surface area contributed by atoms with Gasteiger partial charge < -0.3 is 20.9 Å². The molecule has 5 rings (SSSR count). The number of nitrogens with two attached hydrogens (primary N) is 2. The van der Waals surface area contributed by atoms with Crippen LogP contribution in [0.3, 0.4) is 0 Å². The topological polar surface area (TPSA) is 105 Å². The van der Waals surface area contributed by atoms with Crippen LogP contribution in [0.2, 0.25) is 0 Å². The van der Waals surface area contributed by atoms with Crippen LogP contribution in [0.25, 0.3) is 33.4 Å². The van der Waals surface area contributed by atoms with Crippen LogP contribution in [0.4, 0.5) is 0 Å². The van der Waals surface area contributed by atoms with Gasteiger partial charge in [0.2, 0.25) is 0 Å². The summed E-state index contributed by atoms with van der Waals surface area (Å²) in [4.78, 5) is 24.3. The average Bonchev–Trinajstić information content (AvgIpc) is 3.36. The number of carbonyl (C=O) groups excluding carboxylic acids is 2. The van der Waals surface area contributed by atoms with Crippen molar-refractivity contribution in [2.24, 2.45) is 11.5 Å². The van der Waals surface area contributed by atoms with Gasteiger partial charge in [0.1, 0.15) is 11.5 Å². The fourth-order valence-electron chi connectivity index (χ4n) is 5.34. The molecule has 0 amide bonds. The molecule has 41 heavy (non-hydrogen) atoms. The highest BCUT2D eigenvalue weighted by molar-refractivity contribution is 5.94. The van der Waals surface area contributed by atoms with E-state index in [4.69, 9.17) is 20.9 Å². The molecule has 0 spiro atoms. The minimum Gasteiger partial charge on any atom is -0.423 e. The first-order valence-electron chi connectivity index (χ1n) is 13.6. The van der Waals surface area contributed by atoms with Gasteiger partial charge in [0.05, 0.1) is 0 Å². The van der Waals surface area contributed by atoms with E-state index in [0.29, 0.717) is 11.5 Å². The molecule has 0 aliphatic heterocycles. The number of hydrogen-bond donors (Lipinski definition) is 2. The minimum atomic E-state index is -0.449. The van der Waals surface area contributed by atoms with Crippen molar-refractivity contribution in [3.05, 3.63) is 119 Å². The van der Waals surface area contributed by atoms with Crippen LogP contribution in [0.15, 0.2) is 97.1 Å². The molecule has 6 heteroatoms. The van der Waals surface area contributed by atoms with E-state index in [0.717, 1.165) is 39.8 Å². The van der Waals surface area contributed by atoms with Crippen LogP contribution in [0.5, 0.6) is 11.5 Å². The van der Waals surface area contributed by atoms with Crippen molar-refractivity contribution < 1.29 is 19.1 Å². The molecule has 6 nitrogen and oxygen atoms in total. The third kappa shape index (κ3) is 5.61. The van der Waals surface area contributed by atoms with Gasteiger partial charge in [-0.05, 0) is 89.0 Å². The third-order valence-corrected chi connectivity index (χ3v) is 7.17. The molecule has 4 N–H and O–H groups in total. The highest BCUT2D eigenvalue weighted by atomic mass is 16.5. The standard InChI is InChI=1S/C35H32N2O4/c1-3-7-33(38)40-31-15-11-23(17-25(31)20-36)28-13-14-29-27-10-6-5-9-22(27)19-30(29)35(28)24-12-16-32(26(18-24)21-37)41-34(39)8-4-2/h3-18H,19-21,36-37H2,1-2H3. The normalized spacial score (nSPS) is 12.0. The number of benzene rings is 4. The van der Waals surface area contributed by atoms with E-state index in [1.165, 1.54) is 34.4 Å². The Balaban J connectivity index is 1.67. The van der Waals surface area contributed by atoms with Crippen molar-refractivity contribution in [2.75, 3.05) is 0 Å². The Labute approximate surface area is 239 Å². The molecule has 0 unspecified atom stereocenters. The summed E-state index contributed by atoms with van der Waals surface area (Å²) in [5.41, 5.74) is 22.6. The maximum absolute atomic E-state index is 12.1. The highest BCUT2D eigenvalue weighted by Crippen LogP contribution is 2.47. The SMILES string of the molecule is CC=CC(=O)Oc1ccc(-c2ccc3c(c2-c2ccc(OC(=O)C=CC)c(CN)c2)Cc2ccccc2-3)cc1CN. The number of rotatable bonds is 8. The predicted octanol–water partition coefficient (Wildman–Crippen LogP) is 6.47. The summed E-state index contributed by atoms with van der Waals surface area (Å²) in [6, 6.07) is 24.2. The molecule has 4 aromatic carbocycles. The van der Waals surface area contributed by atoms with E-state index in [1.807, 2.05) is 24.3 Å². The van der Waals surface area contributed by atoms with Crippen molar-refractivity contribution in [3.63, 3.8) is 0 Å². The van der Waals surface area contributed by atoms with E-state index in [2.05, 4.69) is 36.4 Å². The van der Waals surface area contributed by atoms with E-state index >= 15 is 0 Å². The highest BCUT2D eigenvalue weighted by Gasteiger charge is 2.25. The molecule has 0 atom stereocenters. The summed E-state index contributed by atoms with van der Waals surface area (Å²) >= 11 is 0. The first kappa shape index (κ1) is 27.8. The van der Waals surface area contributed by atoms with Crippen molar-refractivity contribution in [1.29, 1.82) is 0 Å². The first-order chi connectivity index (χ1) is 20.0. The molecule has 206 valence electrons. The van der Waals surface area contributed by atoms with Gasteiger partial charge in [-0.2, -0.15) is 0 Å². The van der Waals surface area contributed by atoms with Gasteiger partial charge in [0, 0.05) is 36.4 Å². The molecule has 0 fully saturated rings. The van der Waals surface area contributed by atoms with E-state index in [9.17, 15) is 9.59 Å². The van der Waals surface area contributed by atoms with Gasteiger partial charge in [-0.3, -0.25) is 0 Å². The van der Waals surface area contributed by atoms with Gasteiger partial charge in [-0.15, -0.1) is 0 Å². The van der Waals surface area contributed by atoms with Crippen LogP contribution in [0, 0.1) is 0 Å². The summed E-state index contributed by atoms with van der Waals surface area (Å²) in [6.45, 7) is 3.94. The van der Waals surface area contributed by atoms with Crippen LogP contribution < -0.4 is 20.9 Å². The summed E-state index contributed by atoms with van der Waals surface area (Å²) in [7, 11) is 0. The second-order valence-electron chi connectivity index (χ2n) is 9.74. The maximum Gasteiger partial charge on any atom is 0.335 e. The Kier molecular flexibility index (Phi) is 8.24. The Morgan fingerprint density at radius 1 is 0.707 bits per heavy atom. The summed E-state index contributed by atoms with van der Waals surface area (Å²) in [6.07, 6.45) is 6.81. The fraction of sp³-hybridized carbons (Fsp3) is 0.143. The average molecular weight is 545 g/mol. The molecule has 0 bridgehead atoms. The number of ether oxygens (including phenoxy) is 2. The molecule has 0 saturated heterocycles. The molecule has 0 radical (unpaired) electrons. The number of fused-ring (bicyclic) bond motifs is 3. The van der Waals surface area contributed by atoms with Crippen molar-refractivity contribution in [1.82, 2.24) is 0 Å². The minimum absolute atomic E-state index is 0.209. The van der Waals surface area contributed by atoms with Gasteiger partial charge in [-0.1, -0.05) is 60.7 Å². The zero-order valence-corrected chi connectivity index (χ0v) is 23.1. The van der Waals surface area contributed by atoms with Crippen molar-refractivity contribution in [2.45, 2.75) is 33.4 Å². The molecule has 0 aromatic heterocycles. The van der Waals surface area contributed by atoms with Gasteiger partial charge in [0.15, 0.2) is 0 Å². The largest absolute Gasteiger partial charge is 0.423 e. The molecular formula is C35H32N2O4. The number of hydrogen-bond acceptors (Lipinski definition) is 6. The van der Waals surface area contributed by atoms with E-state index in [-0.39, 0.29) is 13.1 Å². The van der Waals surface area contributed by atoms with E-state index < -0.39 is 11.9 Å². The number of carbonyl (C=O) groups is 2. The molecular weight excluding hydrogens is 512 g/mol.